The standard InChI is InChI=1S/C19H30F4O/c1-2-3-14-6-10-17(11-7-14)24-13-15-4-8-16(9-5-15)18(20)12-19(21,22)23/h12,14-17H,2-11,13H2,1H3/b18-12-. The van der Waals surface area contributed by atoms with Gasteiger partial charge in [0.2, 0.25) is 0 Å². The van der Waals surface area contributed by atoms with Gasteiger partial charge in [-0.2, -0.15) is 13.2 Å². The molecule has 24 heavy (non-hydrogen) atoms. The number of halogens is 4. The summed E-state index contributed by atoms with van der Waals surface area (Å²) in [5, 5.41) is 0. The van der Waals surface area contributed by atoms with E-state index in [1.807, 2.05) is 0 Å². The summed E-state index contributed by atoms with van der Waals surface area (Å²) in [7, 11) is 0. The van der Waals surface area contributed by atoms with Crippen molar-refractivity contribution >= 4 is 0 Å². The van der Waals surface area contributed by atoms with Crippen LogP contribution in [0.1, 0.15) is 71.1 Å². The molecule has 0 unspecified atom stereocenters. The first-order chi connectivity index (χ1) is 11.4. The van der Waals surface area contributed by atoms with Crippen LogP contribution in [-0.4, -0.2) is 18.9 Å². The third-order valence-corrected chi connectivity index (χ3v) is 5.60. The summed E-state index contributed by atoms with van der Waals surface area (Å²) >= 11 is 0. The molecule has 2 aliphatic rings. The van der Waals surface area contributed by atoms with Crippen molar-refractivity contribution in [2.24, 2.45) is 17.8 Å². The van der Waals surface area contributed by atoms with Crippen LogP contribution in [0.15, 0.2) is 11.9 Å². The first-order valence-corrected chi connectivity index (χ1v) is 9.44. The van der Waals surface area contributed by atoms with Crippen molar-refractivity contribution in [3.8, 4) is 0 Å². The topological polar surface area (TPSA) is 9.23 Å². The van der Waals surface area contributed by atoms with Crippen LogP contribution in [0, 0.1) is 17.8 Å². The van der Waals surface area contributed by atoms with Crippen LogP contribution in [0.5, 0.6) is 0 Å². The van der Waals surface area contributed by atoms with Crippen LogP contribution in [-0.2, 0) is 4.74 Å². The Hall–Kier alpha value is -0.580. The van der Waals surface area contributed by atoms with Crippen molar-refractivity contribution in [3.63, 3.8) is 0 Å². The second-order valence-electron chi connectivity index (χ2n) is 7.55. The number of allylic oxidation sites excluding steroid dienone is 2. The van der Waals surface area contributed by atoms with Crippen molar-refractivity contribution in [1.29, 1.82) is 0 Å². The van der Waals surface area contributed by atoms with Crippen LogP contribution in [0.2, 0.25) is 0 Å². The molecule has 0 aliphatic heterocycles. The Morgan fingerprint density at radius 1 is 0.958 bits per heavy atom. The monoisotopic (exact) mass is 350 g/mol. The highest BCUT2D eigenvalue weighted by Gasteiger charge is 2.31. The normalized spacial score (nSPS) is 32.8. The van der Waals surface area contributed by atoms with Crippen molar-refractivity contribution in [1.82, 2.24) is 0 Å². The Kier molecular flexibility index (Phi) is 7.58. The number of ether oxygens (including phenoxy) is 1. The largest absolute Gasteiger partial charge is 0.412 e. The fourth-order valence-electron chi connectivity index (χ4n) is 4.15. The highest BCUT2D eigenvalue weighted by atomic mass is 19.4. The van der Waals surface area contributed by atoms with E-state index in [1.165, 1.54) is 25.7 Å². The summed E-state index contributed by atoms with van der Waals surface area (Å²) in [6.45, 7) is 2.91. The Morgan fingerprint density at radius 3 is 2.08 bits per heavy atom. The molecule has 2 saturated carbocycles. The quantitative estimate of drug-likeness (QED) is 0.491. The van der Waals surface area contributed by atoms with Crippen molar-refractivity contribution in [3.05, 3.63) is 11.9 Å². The minimum absolute atomic E-state index is 0.177. The zero-order valence-corrected chi connectivity index (χ0v) is 14.6. The maximum Gasteiger partial charge on any atom is 0.412 e. The smallest absolute Gasteiger partial charge is 0.378 e. The van der Waals surface area contributed by atoms with Crippen molar-refractivity contribution in [2.45, 2.75) is 83.4 Å². The lowest BCUT2D eigenvalue weighted by Gasteiger charge is -2.32. The maximum atomic E-state index is 13.6. The van der Waals surface area contributed by atoms with Gasteiger partial charge >= 0.3 is 6.18 Å². The van der Waals surface area contributed by atoms with E-state index >= 15 is 0 Å². The van der Waals surface area contributed by atoms with Crippen LogP contribution >= 0.6 is 0 Å². The fraction of sp³-hybridized carbons (Fsp3) is 0.895. The van der Waals surface area contributed by atoms with Gasteiger partial charge < -0.3 is 4.74 Å². The summed E-state index contributed by atoms with van der Waals surface area (Å²) in [4.78, 5) is 0. The van der Waals surface area contributed by atoms with Gasteiger partial charge in [0.1, 0.15) is 5.83 Å². The van der Waals surface area contributed by atoms with Gasteiger partial charge in [-0.25, -0.2) is 4.39 Å². The minimum Gasteiger partial charge on any atom is -0.378 e. The van der Waals surface area contributed by atoms with E-state index in [1.54, 1.807) is 0 Å². The Morgan fingerprint density at radius 2 is 1.54 bits per heavy atom. The summed E-state index contributed by atoms with van der Waals surface area (Å²) < 4.78 is 56.2. The molecule has 5 heteroatoms. The highest BCUT2D eigenvalue weighted by Crippen LogP contribution is 2.36. The van der Waals surface area contributed by atoms with Crippen LogP contribution in [0.4, 0.5) is 17.6 Å². The van der Waals surface area contributed by atoms with E-state index in [2.05, 4.69) is 6.92 Å². The molecular weight excluding hydrogens is 320 g/mol. The SMILES string of the molecule is CCCC1CCC(OCC2CCC(/C(F)=C/C(F)(F)F)CC2)CC1. The lowest BCUT2D eigenvalue weighted by atomic mass is 9.81. The molecule has 0 heterocycles. The molecule has 1 nitrogen and oxygen atoms in total. The molecule has 0 amide bonds. The Balaban J connectivity index is 1.64. The molecule has 0 bridgehead atoms. The fourth-order valence-corrected chi connectivity index (χ4v) is 4.15. The van der Waals surface area contributed by atoms with Crippen LogP contribution < -0.4 is 0 Å². The summed E-state index contributed by atoms with van der Waals surface area (Å²) in [5.41, 5.74) is 0. The summed E-state index contributed by atoms with van der Waals surface area (Å²) in [5.74, 6) is -0.342. The average Bonchev–Trinajstić information content (AvgIpc) is 2.53. The number of hydrogen-bond acceptors (Lipinski definition) is 1. The van der Waals surface area contributed by atoms with Gasteiger partial charge in [0.25, 0.3) is 0 Å². The molecule has 0 N–H and O–H groups in total. The number of rotatable bonds is 6. The lowest BCUT2D eigenvalue weighted by molar-refractivity contribution is -0.0822. The number of hydrogen-bond donors (Lipinski definition) is 0. The molecule has 0 aromatic rings. The molecule has 140 valence electrons. The molecule has 0 spiro atoms. The third kappa shape index (κ3) is 6.73. The second-order valence-corrected chi connectivity index (χ2v) is 7.55. The Bertz CT molecular complexity index is 389. The molecule has 0 aromatic heterocycles. The van der Waals surface area contributed by atoms with Gasteiger partial charge in [-0.05, 0) is 63.2 Å². The average molecular weight is 350 g/mol. The van der Waals surface area contributed by atoms with Gasteiger partial charge in [-0.15, -0.1) is 0 Å². The molecule has 2 rings (SSSR count). The minimum atomic E-state index is -4.55. The van der Waals surface area contributed by atoms with E-state index in [4.69, 9.17) is 4.74 Å². The van der Waals surface area contributed by atoms with E-state index in [0.29, 0.717) is 31.5 Å². The predicted molar refractivity (Wildman–Crippen MR) is 87.3 cm³/mol. The van der Waals surface area contributed by atoms with Gasteiger partial charge in [0.15, 0.2) is 0 Å². The molecule has 0 saturated heterocycles. The summed E-state index contributed by atoms with van der Waals surface area (Å²) in [6, 6.07) is 0. The zero-order valence-electron chi connectivity index (χ0n) is 14.6. The molecular formula is C19H30F4O. The number of alkyl halides is 3. The molecule has 2 fully saturated rings. The van der Waals surface area contributed by atoms with Gasteiger partial charge in [0, 0.05) is 12.5 Å². The van der Waals surface area contributed by atoms with Crippen LogP contribution in [0.25, 0.3) is 0 Å². The van der Waals surface area contributed by atoms with E-state index < -0.39 is 17.9 Å². The zero-order chi connectivity index (χ0) is 17.6. The molecule has 0 aromatic carbocycles. The van der Waals surface area contributed by atoms with Gasteiger partial charge in [-0.3, -0.25) is 0 Å². The second kappa shape index (κ2) is 9.21. The maximum absolute atomic E-state index is 13.6. The van der Waals surface area contributed by atoms with E-state index in [-0.39, 0.29) is 6.08 Å². The van der Waals surface area contributed by atoms with E-state index in [0.717, 1.165) is 31.6 Å². The molecule has 0 radical (unpaired) electrons. The lowest BCUT2D eigenvalue weighted by Crippen LogP contribution is -2.26. The highest BCUT2D eigenvalue weighted by molar-refractivity contribution is 5.03. The van der Waals surface area contributed by atoms with E-state index in [9.17, 15) is 17.6 Å². The van der Waals surface area contributed by atoms with Crippen molar-refractivity contribution < 1.29 is 22.3 Å². The third-order valence-electron chi connectivity index (χ3n) is 5.60. The van der Waals surface area contributed by atoms with Gasteiger partial charge in [-0.1, -0.05) is 19.8 Å². The molecule has 0 atom stereocenters. The van der Waals surface area contributed by atoms with Crippen molar-refractivity contribution in [2.75, 3.05) is 6.61 Å². The predicted octanol–water partition coefficient (Wildman–Crippen LogP) is 6.58. The first-order valence-electron chi connectivity index (χ1n) is 9.44. The van der Waals surface area contributed by atoms with Crippen LogP contribution in [0.3, 0.4) is 0 Å². The summed E-state index contributed by atoms with van der Waals surface area (Å²) in [6.07, 6.45) is 5.44. The Labute approximate surface area is 142 Å². The first kappa shape index (κ1) is 19.7. The molecule has 2 aliphatic carbocycles. The van der Waals surface area contributed by atoms with Gasteiger partial charge in [0.05, 0.1) is 12.2 Å².